The Balaban J connectivity index is 1.39. The van der Waals surface area contributed by atoms with Crippen molar-refractivity contribution in [3.05, 3.63) is 11.6 Å². The Morgan fingerprint density at radius 1 is 0.971 bits per heavy atom. The molecular weight excluding hydrogens is 424 g/mol. The van der Waals surface area contributed by atoms with Crippen LogP contribution in [0.3, 0.4) is 0 Å². The molecule has 0 radical (unpaired) electrons. The van der Waals surface area contributed by atoms with E-state index in [0.717, 1.165) is 18.8 Å². The van der Waals surface area contributed by atoms with Crippen LogP contribution in [0.5, 0.6) is 0 Å². The molecule has 0 aromatic rings. The van der Waals surface area contributed by atoms with Crippen LogP contribution in [0.4, 0.5) is 0 Å². The minimum atomic E-state index is -1.01. The highest BCUT2D eigenvalue weighted by atomic mass is 16.4. The molecule has 8 atom stereocenters. The van der Waals surface area contributed by atoms with E-state index in [-0.39, 0.29) is 28.1 Å². The Hall–Kier alpha value is -1.45. The Morgan fingerprint density at radius 2 is 1.62 bits per heavy atom. The lowest BCUT2D eigenvalue weighted by atomic mass is 9.42. The summed E-state index contributed by atoms with van der Waals surface area (Å²) in [6.07, 6.45) is 12.4. The van der Waals surface area contributed by atoms with Gasteiger partial charge in [0.1, 0.15) is 5.78 Å². The molecule has 5 aliphatic rings. The maximum atomic E-state index is 12.8. The first kappa shape index (κ1) is 24.3. The van der Waals surface area contributed by atoms with Crippen LogP contribution in [0.1, 0.15) is 106 Å². The highest BCUT2D eigenvalue weighted by Gasteiger charge is 2.82. The third kappa shape index (κ3) is 2.86. The zero-order valence-corrected chi connectivity index (χ0v) is 22.1. The standard InChI is InChI=1S/C30H44O4/c1-18(15-20(31)16-19(2)25(33)34)21-9-11-28(6)23-8-7-22-26(3,4)24(32)10-12-29(22)17-30(23,29)14-13-27(21,28)5/h16,18,21-23H,7-15,17H2,1-6H3,(H,33,34)/b19-16-/t18-,21-,22+,23+,27-,28+,29-,30+/m1/s1. The van der Waals surface area contributed by atoms with Gasteiger partial charge in [-0.2, -0.15) is 0 Å². The van der Waals surface area contributed by atoms with Gasteiger partial charge in [-0.1, -0.05) is 34.6 Å². The zero-order chi connectivity index (χ0) is 24.9. The summed E-state index contributed by atoms with van der Waals surface area (Å²) in [4.78, 5) is 36.6. The van der Waals surface area contributed by atoms with Crippen LogP contribution in [0.15, 0.2) is 11.6 Å². The van der Waals surface area contributed by atoms with E-state index >= 15 is 0 Å². The minimum Gasteiger partial charge on any atom is -0.478 e. The van der Waals surface area contributed by atoms with E-state index in [2.05, 4.69) is 34.6 Å². The van der Waals surface area contributed by atoms with Crippen LogP contribution in [0, 0.1) is 50.7 Å². The molecule has 34 heavy (non-hydrogen) atoms. The second-order valence-electron chi connectivity index (χ2n) is 14.1. The largest absolute Gasteiger partial charge is 0.478 e. The summed E-state index contributed by atoms with van der Waals surface area (Å²) < 4.78 is 0. The molecule has 5 aliphatic carbocycles. The van der Waals surface area contributed by atoms with E-state index in [1.54, 1.807) is 0 Å². The second-order valence-corrected chi connectivity index (χ2v) is 14.1. The van der Waals surface area contributed by atoms with E-state index in [0.29, 0.717) is 40.3 Å². The molecule has 0 aromatic heterocycles. The van der Waals surface area contributed by atoms with Crippen LogP contribution >= 0.6 is 0 Å². The van der Waals surface area contributed by atoms with Gasteiger partial charge in [0.15, 0.2) is 5.78 Å². The van der Waals surface area contributed by atoms with Gasteiger partial charge in [0, 0.05) is 23.8 Å². The number of Topliss-reactive ketones (excluding diaryl/α,β-unsaturated/α-hetero) is 1. The monoisotopic (exact) mass is 468 g/mol. The molecule has 0 amide bonds. The molecule has 0 heterocycles. The van der Waals surface area contributed by atoms with Gasteiger partial charge in [-0.3, -0.25) is 9.59 Å². The number of rotatable bonds is 5. The maximum Gasteiger partial charge on any atom is 0.331 e. The third-order valence-corrected chi connectivity index (χ3v) is 12.8. The van der Waals surface area contributed by atoms with Crippen molar-refractivity contribution in [2.75, 3.05) is 0 Å². The molecule has 0 unspecified atom stereocenters. The maximum absolute atomic E-state index is 12.8. The summed E-state index contributed by atoms with van der Waals surface area (Å²) in [5.74, 6) is 1.50. The normalized spacial score (nSPS) is 47.6. The molecule has 2 spiro atoms. The molecule has 188 valence electrons. The molecule has 5 fully saturated rings. The highest BCUT2D eigenvalue weighted by Crippen LogP contribution is 2.88. The molecule has 0 aliphatic heterocycles. The average Bonchev–Trinajstić information content (AvgIpc) is 3.33. The first-order valence-electron chi connectivity index (χ1n) is 13.7. The first-order valence-corrected chi connectivity index (χ1v) is 13.7. The fourth-order valence-corrected chi connectivity index (χ4v) is 10.9. The van der Waals surface area contributed by atoms with Crippen LogP contribution in [0.2, 0.25) is 0 Å². The van der Waals surface area contributed by atoms with Crippen molar-refractivity contribution in [1.82, 2.24) is 0 Å². The van der Waals surface area contributed by atoms with Crippen molar-refractivity contribution in [2.45, 2.75) is 106 Å². The predicted octanol–water partition coefficient (Wildman–Crippen LogP) is 6.62. The number of carbonyl (C=O) groups is 3. The van der Waals surface area contributed by atoms with Crippen LogP contribution in [-0.2, 0) is 14.4 Å². The SMILES string of the molecule is C/C(=C/C(=O)C[C@@H](C)[C@H]1CC[C@@]2(C)[C@@H]3CC[C@H]4C(C)(C)C(=O)CC[C@@]45C[C@@]35CC[C@]12C)C(=O)O. The number of hydrogen-bond acceptors (Lipinski definition) is 3. The lowest BCUT2D eigenvalue weighted by molar-refractivity contribution is -0.157. The summed E-state index contributed by atoms with van der Waals surface area (Å²) >= 11 is 0. The van der Waals surface area contributed by atoms with E-state index in [1.807, 2.05) is 0 Å². The first-order chi connectivity index (χ1) is 15.8. The number of hydrogen-bond donors (Lipinski definition) is 1. The van der Waals surface area contributed by atoms with Gasteiger partial charge in [-0.15, -0.1) is 0 Å². The van der Waals surface area contributed by atoms with Crippen molar-refractivity contribution in [3.8, 4) is 0 Å². The van der Waals surface area contributed by atoms with Crippen LogP contribution in [-0.4, -0.2) is 22.6 Å². The Kier molecular flexibility index (Phi) is 5.20. The molecule has 0 aromatic carbocycles. The number of carboxylic acids is 1. The Morgan fingerprint density at radius 3 is 2.29 bits per heavy atom. The average molecular weight is 469 g/mol. The summed E-state index contributed by atoms with van der Waals surface area (Å²) in [6, 6.07) is 0. The molecule has 0 saturated heterocycles. The smallest absolute Gasteiger partial charge is 0.331 e. The van der Waals surface area contributed by atoms with Crippen LogP contribution < -0.4 is 0 Å². The van der Waals surface area contributed by atoms with Crippen molar-refractivity contribution < 1.29 is 19.5 Å². The third-order valence-electron chi connectivity index (χ3n) is 12.8. The highest BCUT2D eigenvalue weighted by molar-refractivity contribution is 5.98. The predicted molar refractivity (Wildman–Crippen MR) is 132 cm³/mol. The van der Waals surface area contributed by atoms with Gasteiger partial charge < -0.3 is 5.11 Å². The Labute approximate surface area is 205 Å². The van der Waals surface area contributed by atoms with Crippen molar-refractivity contribution >= 4 is 17.5 Å². The number of fused-ring (bicyclic) bond motifs is 2. The molecule has 4 heteroatoms. The summed E-state index contributed by atoms with van der Waals surface area (Å²) in [5.41, 5.74) is 1.32. The number of ketones is 2. The molecule has 4 nitrogen and oxygen atoms in total. The van der Waals surface area contributed by atoms with E-state index in [4.69, 9.17) is 5.11 Å². The number of carboxylic acid groups (broad SMARTS) is 1. The minimum absolute atomic E-state index is 0.0485. The van der Waals surface area contributed by atoms with Crippen molar-refractivity contribution in [3.63, 3.8) is 0 Å². The molecule has 0 bridgehead atoms. The molecule has 5 rings (SSSR count). The molecule has 1 N–H and O–H groups in total. The molecule has 5 saturated carbocycles. The fourth-order valence-electron chi connectivity index (χ4n) is 10.9. The quantitative estimate of drug-likeness (QED) is 0.460. The topological polar surface area (TPSA) is 71.4 Å². The molecular formula is C30H44O4. The van der Waals surface area contributed by atoms with Crippen molar-refractivity contribution in [1.29, 1.82) is 0 Å². The summed E-state index contributed by atoms with van der Waals surface area (Å²) in [7, 11) is 0. The van der Waals surface area contributed by atoms with Gasteiger partial charge in [0.25, 0.3) is 0 Å². The van der Waals surface area contributed by atoms with Crippen LogP contribution in [0.25, 0.3) is 0 Å². The van der Waals surface area contributed by atoms with Gasteiger partial charge in [-0.25, -0.2) is 4.79 Å². The Bertz CT molecular complexity index is 976. The van der Waals surface area contributed by atoms with Crippen molar-refractivity contribution in [2.24, 2.45) is 50.7 Å². The summed E-state index contributed by atoms with van der Waals surface area (Å²) in [6.45, 7) is 13.3. The van der Waals surface area contributed by atoms with E-state index in [9.17, 15) is 14.4 Å². The summed E-state index contributed by atoms with van der Waals surface area (Å²) in [5, 5.41) is 9.13. The lowest BCUT2D eigenvalue weighted by Gasteiger charge is -2.62. The van der Waals surface area contributed by atoms with E-state index in [1.165, 1.54) is 57.9 Å². The van der Waals surface area contributed by atoms with Gasteiger partial charge in [-0.05, 0) is 110 Å². The van der Waals surface area contributed by atoms with E-state index < -0.39 is 5.97 Å². The van der Waals surface area contributed by atoms with Gasteiger partial charge >= 0.3 is 5.97 Å². The second kappa shape index (κ2) is 7.29. The number of allylic oxidation sites excluding steroid dienone is 1. The van der Waals surface area contributed by atoms with Gasteiger partial charge in [0.05, 0.1) is 0 Å². The number of aliphatic carboxylic acids is 1. The zero-order valence-electron chi connectivity index (χ0n) is 22.1. The number of carbonyl (C=O) groups excluding carboxylic acids is 2. The van der Waals surface area contributed by atoms with Gasteiger partial charge in [0.2, 0.25) is 0 Å². The fraction of sp³-hybridized carbons (Fsp3) is 0.833. The lowest BCUT2D eigenvalue weighted by Crippen LogP contribution is -2.57.